The van der Waals surface area contributed by atoms with Crippen LogP contribution < -0.4 is 4.90 Å². The molecule has 4 heteroatoms. The number of benzene rings is 9. The van der Waals surface area contributed by atoms with Gasteiger partial charge in [0.2, 0.25) is 0 Å². The van der Waals surface area contributed by atoms with E-state index in [0.29, 0.717) is 5.56 Å². The molecule has 0 atom stereocenters. The maximum Gasteiger partial charge on any atom is 0.136 e. The summed E-state index contributed by atoms with van der Waals surface area (Å²) in [6.07, 6.45) is 0. The zero-order valence-corrected chi connectivity index (χ0v) is 32.3. The fourth-order valence-corrected chi connectivity index (χ4v) is 10.8. The van der Waals surface area contributed by atoms with E-state index in [0.717, 1.165) is 66.5 Å². The minimum absolute atomic E-state index is 0.497. The Bertz CT molecular complexity index is 3580. The van der Waals surface area contributed by atoms with Gasteiger partial charge in [-0.1, -0.05) is 127 Å². The molecule has 0 radical (unpaired) electrons. The van der Waals surface area contributed by atoms with Crippen LogP contribution >= 0.6 is 0 Å². The molecule has 1 spiro atoms. The summed E-state index contributed by atoms with van der Waals surface area (Å²) in [6.45, 7) is 0. The zero-order chi connectivity index (χ0) is 39.5. The lowest BCUT2D eigenvalue weighted by atomic mass is 9.70. The number of hydrogen-bond donors (Lipinski definition) is 0. The second kappa shape index (κ2) is 12.2. The SMILES string of the molecule is N#Cc1ccc(N(c2cccc3c2-c2ccccc2C32c3ccccc3-c3ccccc32)c2cccc3c2c2c4c(ccc2n3-c2ccccc2)oc2ccccc24)cc1. The third-order valence-corrected chi connectivity index (χ3v) is 13.0. The van der Waals surface area contributed by atoms with Gasteiger partial charge in [-0.2, -0.15) is 5.26 Å². The van der Waals surface area contributed by atoms with Crippen LogP contribution in [0.5, 0.6) is 0 Å². The van der Waals surface area contributed by atoms with E-state index in [9.17, 15) is 5.26 Å². The zero-order valence-electron chi connectivity index (χ0n) is 32.3. The van der Waals surface area contributed by atoms with Crippen LogP contribution in [0, 0.1) is 11.3 Å². The number of nitriles is 1. The number of rotatable bonds is 4. The normalized spacial score (nSPS) is 13.1. The van der Waals surface area contributed by atoms with E-state index in [1.807, 2.05) is 18.2 Å². The van der Waals surface area contributed by atoms with Crippen molar-refractivity contribution in [2.45, 2.75) is 5.41 Å². The Hall–Kier alpha value is -8.13. The predicted octanol–water partition coefficient (Wildman–Crippen LogP) is 14.4. The Morgan fingerprint density at radius 2 is 1.05 bits per heavy atom. The molecular weight excluding hydrogens is 731 g/mol. The third kappa shape index (κ3) is 4.18. The van der Waals surface area contributed by atoms with Gasteiger partial charge in [-0.05, 0) is 112 Å². The summed E-state index contributed by atoms with van der Waals surface area (Å²) < 4.78 is 8.96. The van der Waals surface area contributed by atoms with Crippen LogP contribution in [0.2, 0.25) is 0 Å². The van der Waals surface area contributed by atoms with Crippen molar-refractivity contribution >= 4 is 60.8 Å². The van der Waals surface area contributed by atoms with Gasteiger partial charge in [-0.3, -0.25) is 0 Å². The quantitative estimate of drug-likeness (QED) is 0.179. The molecule has 0 saturated carbocycles. The summed E-state index contributed by atoms with van der Waals surface area (Å²) in [5, 5.41) is 14.4. The first-order valence-corrected chi connectivity index (χ1v) is 20.4. The molecule has 0 aliphatic heterocycles. The van der Waals surface area contributed by atoms with Gasteiger partial charge in [0.05, 0.1) is 39.5 Å². The number of aromatic nitrogens is 1. The molecule has 2 aliphatic rings. The number of para-hydroxylation sites is 2. The first-order valence-electron chi connectivity index (χ1n) is 20.4. The molecule has 0 amide bonds. The van der Waals surface area contributed by atoms with Crippen molar-refractivity contribution in [3.8, 4) is 34.0 Å². The summed E-state index contributed by atoms with van der Waals surface area (Å²) in [7, 11) is 0. The van der Waals surface area contributed by atoms with Gasteiger partial charge >= 0.3 is 0 Å². The van der Waals surface area contributed by atoms with E-state index in [1.54, 1.807) is 0 Å². The van der Waals surface area contributed by atoms with Gasteiger partial charge in [0.25, 0.3) is 0 Å². The van der Waals surface area contributed by atoms with Crippen molar-refractivity contribution in [3.05, 3.63) is 228 Å². The number of nitrogens with zero attached hydrogens (tertiary/aromatic N) is 3. The van der Waals surface area contributed by atoms with E-state index in [2.05, 4.69) is 198 Å². The molecule has 0 saturated heterocycles. The van der Waals surface area contributed by atoms with Crippen LogP contribution in [0.4, 0.5) is 17.1 Å². The lowest BCUT2D eigenvalue weighted by Crippen LogP contribution is -2.26. The van der Waals surface area contributed by atoms with Crippen molar-refractivity contribution in [2.24, 2.45) is 0 Å². The summed E-state index contributed by atoms with van der Waals surface area (Å²) in [4.78, 5) is 2.43. The molecule has 4 nitrogen and oxygen atoms in total. The number of fused-ring (bicyclic) bond motifs is 17. The molecular formula is C56H33N3O. The summed E-state index contributed by atoms with van der Waals surface area (Å²) >= 11 is 0. The monoisotopic (exact) mass is 763 g/mol. The van der Waals surface area contributed by atoms with Crippen molar-refractivity contribution < 1.29 is 4.42 Å². The molecule has 2 aromatic heterocycles. The van der Waals surface area contributed by atoms with Crippen LogP contribution in [0.15, 0.2) is 205 Å². The van der Waals surface area contributed by atoms with Gasteiger partial charge in [-0.15, -0.1) is 0 Å². The van der Waals surface area contributed by atoms with Gasteiger partial charge in [0.15, 0.2) is 0 Å². The standard InChI is InChI=1S/C56H33N3O/c57-34-35-28-30-37(31-29-35)59(46-24-12-23-45-52(46)40-18-6-10-22-44(40)56(45)42-20-8-4-16-38(42)39-17-5-9-21-43(39)56)48-26-13-25-47-54(48)55-49(58(47)36-14-2-1-3-15-36)32-33-51-53(55)41-19-7-11-27-50(41)60-51/h1-33H. The van der Waals surface area contributed by atoms with Gasteiger partial charge in [0, 0.05) is 38.5 Å². The highest BCUT2D eigenvalue weighted by Crippen LogP contribution is 2.65. The average Bonchev–Trinajstić information content (AvgIpc) is 4.04. The van der Waals surface area contributed by atoms with Gasteiger partial charge in [-0.25, -0.2) is 0 Å². The van der Waals surface area contributed by atoms with E-state index < -0.39 is 5.41 Å². The predicted molar refractivity (Wildman–Crippen MR) is 244 cm³/mol. The Labute approximate surface area is 346 Å². The second-order valence-electron chi connectivity index (χ2n) is 15.9. The molecule has 11 aromatic rings. The highest BCUT2D eigenvalue weighted by molar-refractivity contribution is 6.30. The minimum Gasteiger partial charge on any atom is -0.456 e. The van der Waals surface area contributed by atoms with Crippen molar-refractivity contribution in [1.29, 1.82) is 5.26 Å². The molecule has 2 heterocycles. The highest BCUT2D eigenvalue weighted by atomic mass is 16.3. The van der Waals surface area contributed by atoms with Gasteiger partial charge < -0.3 is 13.9 Å². The molecule has 2 aliphatic carbocycles. The molecule has 60 heavy (non-hydrogen) atoms. The lowest BCUT2D eigenvalue weighted by Gasteiger charge is -2.32. The number of hydrogen-bond acceptors (Lipinski definition) is 3. The first kappa shape index (κ1) is 32.9. The van der Waals surface area contributed by atoms with Crippen LogP contribution in [0.1, 0.15) is 27.8 Å². The molecule has 0 unspecified atom stereocenters. The fraction of sp³-hybridized carbons (Fsp3) is 0.0179. The topological polar surface area (TPSA) is 45.1 Å². The van der Waals surface area contributed by atoms with Crippen LogP contribution in [-0.2, 0) is 5.41 Å². The lowest BCUT2D eigenvalue weighted by molar-refractivity contribution is 0.669. The molecule has 13 rings (SSSR count). The summed E-state index contributed by atoms with van der Waals surface area (Å²) in [5.41, 5.74) is 18.3. The first-order chi connectivity index (χ1) is 29.8. The van der Waals surface area contributed by atoms with E-state index in [1.165, 1.54) is 44.5 Å². The van der Waals surface area contributed by atoms with E-state index >= 15 is 0 Å². The maximum absolute atomic E-state index is 9.98. The molecule has 9 aromatic carbocycles. The smallest absolute Gasteiger partial charge is 0.136 e. The highest BCUT2D eigenvalue weighted by Gasteiger charge is 2.52. The summed E-state index contributed by atoms with van der Waals surface area (Å²) in [5.74, 6) is 0. The molecule has 0 N–H and O–H groups in total. The Morgan fingerprint density at radius 1 is 0.450 bits per heavy atom. The molecule has 0 fully saturated rings. The number of furan rings is 1. The van der Waals surface area contributed by atoms with Crippen molar-refractivity contribution in [3.63, 3.8) is 0 Å². The van der Waals surface area contributed by atoms with Crippen LogP contribution in [-0.4, -0.2) is 4.57 Å². The second-order valence-corrected chi connectivity index (χ2v) is 15.9. The number of anilines is 3. The van der Waals surface area contributed by atoms with E-state index in [4.69, 9.17) is 4.42 Å². The van der Waals surface area contributed by atoms with Crippen molar-refractivity contribution in [1.82, 2.24) is 4.57 Å². The molecule has 278 valence electrons. The van der Waals surface area contributed by atoms with Gasteiger partial charge in [0.1, 0.15) is 11.2 Å². The third-order valence-electron chi connectivity index (χ3n) is 13.0. The maximum atomic E-state index is 9.98. The Kier molecular flexibility index (Phi) is 6.69. The summed E-state index contributed by atoms with van der Waals surface area (Å²) in [6, 6.07) is 74.1. The van der Waals surface area contributed by atoms with Crippen LogP contribution in [0.25, 0.3) is 71.7 Å². The van der Waals surface area contributed by atoms with Crippen LogP contribution in [0.3, 0.4) is 0 Å². The average molecular weight is 764 g/mol. The van der Waals surface area contributed by atoms with E-state index in [-0.39, 0.29) is 0 Å². The minimum atomic E-state index is -0.497. The fourth-order valence-electron chi connectivity index (χ4n) is 10.8. The van der Waals surface area contributed by atoms with Crippen molar-refractivity contribution in [2.75, 3.05) is 4.90 Å². The largest absolute Gasteiger partial charge is 0.456 e. The Balaban J connectivity index is 1.19. The Morgan fingerprint density at radius 3 is 1.80 bits per heavy atom. The molecule has 0 bridgehead atoms.